The van der Waals surface area contributed by atoms with Crippen LogP contribution in [-0.2, 0) is 21.4 Å². The summed E-state index contributed by atoms with van der Waals surface area (Å²) in [6.45, 7) is 7.48. The number of aryl methyl sites for hydroxylation is 3. The first kappa shape index (κ1) is 19.9. The minimum Gasteiger partial charge on any atom is -0.465 e. The molecule has 0 saturated heterocycles. The van der Waals surface area contributed by atoms with Gasteiger partial charge in [0.2, 0.25) is 5.91 Å². The van der Waals surface area contributed by atoms with E-state index in [-0.39, 0.29) is 29.7 Å². The Morgan fingerprint density at radius 1 is 1.11 bits per heavy atom. The molecule has 0 spiro atoms. The lowest BCUT2D eigenvalue weighted by Gasteiger charge is -2.06. The second-order valence-corrected chi connectivity index (χ2v) is 8.43. The van der Waals surface area contributed by atoms with Gasteiger partial charge in [0.15, 0.2) is 0 Å². The van der Waals surface area contributed by atoms with Crippen LogP contribution in [0.3, 0.4) is 0 Å². The molecule has 0 radical (unpaired) electrons. The fourth-order valence-corrected chi connectivity index (χ4v) is 4.45. The van der Waals surface area contributed by atoms with Gasteiger partial charge in [-0.05, 0) is 56.5 Å². The highest BCUT2D eigenvalue weighted by Crippen LogP contribution is 2.30. The van der Waals surface area contributed by atoms with Crippen molar-refractivity contribution < 1.29 is 17.6 Å². The maximum atomic E-state index is 12.6. The van der Waals surface area contributed by atoms with Crippen molar-refractivity contribution in [3.63, 3.8) is 0 Å². The number of furan rings is 1. The van der Waals surface area contributed by atoms with Crippen molar-refractivity contribution in [2.75, 3.05) is 6.54 Å². The fraction of sp³-hybridized carbons (Fsp3) is 0.300. The van der Waals surface area contributed by atoms with Crippen LogP contribution in [0.4, 0.5) is 0 Å². The summed E-state index contributed by atoms with van der Waals surface area (Å²) in [4.78, 5) is 16.4. The molecule has 1 aliphatic heterocycles. The van der Waals surface area contributed by atoms with E-state index in [1.165, 1.54) is 0 Å². The highest BCUT2D eigenvalue weighted by molar-refractivity contribution is 8.00. The van der Waals surface area contributed by atoms with Gasteiger partial charge in [0, 0.05) is 5.57 Å². The first-order valence-corrected chi connectivity index (χ1v) is 10.3. The van der Waals surface area contributed by atoms with Gasteiger partial charge < -0.3 is 9.73 Å². The maximum absolute atomic E-state index is 12.6. The molecule has 1 aromatic carbocycles. The van der Waals surface area contributed by atoms with E-state index in [0.717, 1.165) is 16.9 Å². The number of rotatable bonds is 5. The number of carbonyl (C=O) groups excluding carboxylic acids is 1. The van der Waals surface area contributed by atoms with Gasteiger partial charge in [0.25, 0.3) is 10.0 Å². The molecule has 0 fully saturated rings. The van der Waals surface area contributed by atoms with Crippen LogP contribution in [0.2, 0.25) is 0 Å². The molecular formula is C20H23N3O4S. The second kappa shape index (κ2) is 7.63. The summed E-state index contributed by atoms with van der Waals surface area (Å²) in [6, 6.07) is 9.11. The lowest BCUT2D eigenvalue weighted by Crippen LogP contribution is -2.28. The summed E-state index contributed by atoms with van der Waals surface area (Å²) in [5.41, 5.74) is 3.20. The Balaban J connectivity index is 1.75. The van der Waals surface area contributed by atoms with Gasteiger partial charge in [-0.25, -0.2) is 8.42 Å². The van der Waals surface area contributed by atoms with Gasteiger partial charge >= 0.3 is 0 Å². The number of aliphatic imine (C=N–C) groups is 1. The van der Waals surface area contributed by atoms with Crippen LogP contribution in [0.1, 0.15) is 35.1 Å². The molecule has 1 aromatic heterocycles. The van der Waals surface area contributed by atoms with Crippen molar-refractivity contribution in [3.05, 3.63) is 64.1 Å². The van der Waals surface area contributed by atoms with E-state index >= 15 is 0 Å². The number of amides is 1. The lowest BCUT2D eigenvalue weighted by molar-refractivity contribution is -0.119. The molecule has 8 heteroatoms. The van der Waals surface area contributed by atoms with Crippen LogP contribution < -0.4 is 10.0 Å². The van der Waals surface area contributed by atoms with Crippen molar-refractivity contribution in [2.45, 2.75) is 34.2 Å². The zero-order valence-electron chi connectivity index (χ0n) is 16.3. The highest BCUT2D eigenvalue weighted by atomic mass is 32.2. The van der Waals surface area contributed by atoms with Gasteiger partial charge in [-0.15, -0.1) is 0 Å². The molecule has 0 saturated carbocycles. The molecule has 1 amide bonds. The molecular weight excluding hydrogens is 378 g/mol. The third-order valence-electron chi connectivity index (χ3n) is 4.60. The van der Waals surface area contributed by atoms with E-state index < -0.39 is 10.0 Å². The molecule has 7 nitrogen and oxygen atoms in total. The molecule has 0 aliphatic carbocycles. The van der Waals surface area contributed by atoms with Gasteiger partial charge in [0.1, 0.15) is 28.8 Å². The van der Waals surface area contributed by atoms with Gasteiger partial charge in [-0.1, -0.05) is 18.2 Å². The molecule has 2 aromatic rings. The normalized spacial score (nSPS) is 17.1. The number of hydrogen-bond acceptors (Lipinski definition) is 5. The average molecular weight is 401 g/mol. The van der Waals surface area contributed by atoms with Crippen LogP contribution in [0.5, 0.6) is 0 Å². The fourth-order valence-electron chi connectivity index (χ4n) is 2.94. The smallest absolute Gasteiger partial charge is 0.264 e. The third-order valence-corrected chi connectivity index (χ3v) is 6.14. The molecule has 2 N–H and O–H groups in total. The Labute approximate surface area is 164 Å². The summed E-state index contributed by atoms with van der Waals surface area (Å²) < 4.78 is 33.0. The van der Waals surface area contributed by atoms with Crippen molar-refractivity contribution in [3.8, 4) is 0 Å². The minimum atomic E-state index is -3.72. The molecule has 3 rings (SSSR count). The predicted octanol–water partition coefficient (Wildman–Crippen LogP) is 2.58. The van der Waals surface area contributed by atoms with Crippen molar-refractivity contribution >= 4 is 26.7 Å². The van der Waals surface area contributed by atoms with E-state index in [1.807, 2.05) is 39.0 Å². The second-order valence-electron chi connectivity index (χ2n) is 6.81. The maximum Gasteiger partial charge on any atom is 0.264 e. The number of sulfonamides is 1. The van der Waals surface area contributed by atoms with E-state index in [9.17, 15) is 13.2 Å². The zero-order chi connectivity index (χ0) is 20.5. The monoisotopic (exact) mass is 401 g/mol. The highest BCUT2D eigenvalue weighted by Gasteiger charge is 2.32. The first-order chi connectivity index (χ1) is 13.2. The molecule has 2 heterocycles. The zero-order valence-corrected chi connectivity index (χ0v) is 17.1. The Morgan fingerprint density at radius 2 is 1.86 bits per heavy atom. The predicted molar refractivity (Wildman–Crippen MR) is 108 cm³/mol. The third kappa shape index (κ3) is 4.17. The van der Waals surface area contributed by atoms with E-state index in [2.05, 4.69) is 15.0 Å². The number of nitrogens with zero attached hydrogens (tertiary/aromatic N) is 1. The molecule has 1 aliphatic rings. The van der Waals surface area contributed by atoms with Gasteiger partial charge in [-0.3, -0.25) is 14.5 Å². The number of nitrogens with one attached hydrogen (secondary N) is 2. The number of amidine groups is 1. The van der Waals surface area contributed by atoms with Crippen molar-refractivity contribution in [1.82, 2.24) is 10.0 Å². The molecule has 28 heavy (non-hydrogen) atoms. The standard InChI is InChI=1S/C20H23N3O4S/c1-12-5-7-16(9-13(12)2)19-15(4)20(23-28(19,25)26)22-11-18(24)21-10-17-8-6-14(3)27-17/h5-9H,10-11H2,1-4H3,(H,21,24)(H,22,23). The SMILES string of the molecule is CC1=C(c2ccc(C)c(C)c2)S(=O)(=O)NC1=NCC(=O)NCc1ccc(C)o1. The van der Waals surface area contributed by atoms with Crippen LogP contribution in [0.25, 0.3) is 4.91 Å². The topological polar surface area (TPSA) is 101 Å². The van der Waals surface area contributed by atoms with Gasteiger partial charge in [-0.2, -0.15) is 0 Å². The number of benzene rings is 1. The lowest BCUT2D eigenvalue weighted by atomic mass is 10.0. The quantitative estimate of drug-likeness (QED) is 0.804. The van der Waals surface area contributed by atoms with Crippen LogP contribution in [0.15, 0.2) is 45.3 Å². The summed E-state index contributed by atoms with van der Waals surface area (Å²) >= 11 is 0. The van der Waals surface area contributed by atoms with Crippen LogP contribution in [0, 0.1) is 20.8 Å². The number of hydrogen-bond donors (Lipinski definition) is 2. The summed E-state index contributed by atoms with van der Waals surface area (Å²) in [5.74, 6) is 1.28. The Bertz CT molecular complexity index is 1090. The number of carbonyl (C=O) groups is 1. The van der Waals surface area contributed by atoms with E-state index in [4.69, 9.17) is 4.42 Å². The Kier molecular flexibility index (Phi) is 5.42. The van der Waals surface area contributed by atoms with Crippen molar-refractivity contribution in [2.24, 2.45) is 4.99 Å². The van der Waals surface area contributed by atoms with Gasteiger partial charge in [0.05, 0.1) is 6.54 Å². The van der Waals surface area contributed by atoms with Crippen LogP contribution in [-0.4, -0.2) is 26.7 Å². The summed E-state index contributed by atoms with van der Waals surface area (Å²) in [7, 11) is -3.72. The summed E-state index contributed by atoms with van der Waals surface area (Å²) in [6.07, 6.45) is 0. The Morgan fingerprint density at radius 3 is 2.50 bits per heavy atom. The largest absolute Gasteiger partial charge is 0.465 e. The first-order valence-electron chi connectivity index (χ1n) is 8.85. The molecule has 0 bridgehead atoms. The minimum absolute atomic E-state index is 0.185. The Hall–Kier alpha value is -2.87. The molecule has 0 atom stereocenters. The molecule has 0 unspecified atom stereocenters. The molecule has 148 valence electrons. The van der Waals surface area contributed by atoms with E-state index in [1.54, 1.807) is 19.1 Å². The average Bonchev–Trinajstić information content (AvgIpc) is 3.14. The summed E-state index contributed by atoms with van der Waals surface area (Å²) in [5, 5.41) is 2.70. The van der Waals surface area contributed by atoms with Crippen molar-refractivity contribution in [1.29, 1.82) is 0 Å². The van der Waals surface area contributed by atoms with E-state index in [0.29, 0.717) is 16.9 Å². The van der Waals surface area contributed by atoms with Crippen LogP contribution >= 0.6 is 0 Å².